The Hall–Kier alpha value is -2.24. The summed E-state index contributed by atoms with van der Waals surface area (Å²) >= 11 is 6.00. The minimum atomic E-state index is -2.86. The quantitative estimate of drug-likeness (QED) is 0.821. The van der Waals surface area contributed by atoms with E-state index in [1.54, 1.807) is 6.07 Å². The Balaban J connectivity index is 2.33. The second-order valence-corrected chi connectivity index (χ2v) is 5.10. The molecule has 4 nitrogen and oxygen atoms in total. The molecule has 3 rings (SSSR count). The van der Waals surface area contributed by atoms with Crippen molar-refractivity contribution in [1.29, 1.82) is 0 Å². The molecule has 0 saturated heterocycles. The molecule has 0 radical (unpaired) electrons. The molecule has 1 amide bonds. The maximum atomic E-state index is 14.3. The number of hydrogen-bond donors (Lipinski definition) is 1. The molecule has 2 aromatic carbocycles. The molecule has 2 aromatic rings. The van der Waals surface area contributed by atoms with Crippen LogP contribution in [0.15, 0.2) is 47.5 Å². The second-order valence-electron chi connectivity index (χ2n) is 4.67. The summed E-state index contributed by atoms with van der Waals surface area (Å²) in [6, 6.07) is 9.77. The lowest BCUT2D eigenvalue weighted by molar-refractivity contribution is -0.125. The van der Waals surface area contributed by atoms with Crippen LogP contribution in [0.25, 0.3) is 0 Å². The minimum absolute atomic E-state index is 0.0188. The van der Waals surface area contributed by atoms with Crippen LogP contribution in [-0.4, -0.2) is 29.9 Å². The summed E-state index contributed by atoms with van der Waals surface area (Å²) in [7, 11) is 0. The van der Waals surface area contributed by atoms with Crippen molar-refractivity contribution < 1.29 is 18.4 Å². The van der Waals surface area contributed by atoms with Crippen molar-refractivity contribution in [2.24, 2.45) is 4.99 Å². The van der Waals surface area contributed by atoms with Gasteiger partial charge in [-0.25, -0.2) is 9.38 Å². The van der Waals surface area contributed by atoms with Crippen molar-refractivity contribution in [2.45, 2.75) is 6.23 Å². The fourth-order valence-electron chi connectivity index (χ4n) is 2.24. The largest absolute Gasteiger partial charge is 0.364 e. The summed E-state index contributed by atoms with van der Waals surface area (Å²) in [5, 5.41) is 10.3. The lowest BCUT2D eigenvalue weighted by atomic mass is 10.00. The highest BCUT2D eigenvalue weighted by Crippen LogP contribution is 2.30. The number of anilines is 1. The fourth-order valence-corrected chi connectivity index (χ4v) is 2.41. The number of benzodiazepines with no additional fused rings is 1. The topological polar surface area (TPSA) is 52.9 Å². The van der Waals surface area contributed by atoms with E-state index in [4.69, 9.17) is 15.7 Å². The van der Waals surface area contributed by atoms with Crippen molar-refractivity contribution in [2.75, 3.05) is 11.9 Å². The summed E-state index contributed by atoms with van der Waals surface area (Å²) < 4.78 is 37.1. The van der Waals surface area contributed by atoms with Crippen LogP contribution in [0.1, 0.15) is 15.2 Å². The van der Waals surface area contributed by atoms with Gasteiger partial charge in [0.25, 0.3) is 5.91 Å². The van der Waals surface area contributed by atoms with Gasteiger partial charge < -0.3 is 10.0 Å². The predicted molar refractivity (Wildman–Crippen MR) is 82.9 cm³/mol. The van der Waals surface area contributed by atoms with Crippen LogP contribution in [0.2, 0.25) is 5.02 Å². The van der Waals surface area contributed by atoms with Gasteiger partial charge in [0.1, 0.15) is 5.82 Å². The molecule has 1 heterocycles. The molecule has 0 saturated carbocycles. The Morgan fingerprint density at radius 2 is 2.09 bits per heavy atom. The number of halogens is 2. The lowest BCUT2D eigenvalue weighted by Crippen LogP contribution is -2.34. The van der Waals surface area contributed by atoms with Gasteiger partial charge in [-0.15, -0.1) is 0 Å². The highest BCUT2D eigenvalue weighted by molar-refractivity contribution is 6.32. The maximum absolute atomic E-state index is 14.3. The van der Waals surface area contributed by atoms with E-state index in [1.165, 1.54) is 36.4 Å². The van der Waals surface area contributed by atoms with Crippen molar-refractivity contribution in [3.63, 3.8) is 0 Å². The second kappa shape index (κ2) is 5.51. The Bertz CT molecular complexity index is 886. The average molecular weight is 323 g/mol. The first kappa shape index (κ1) is 11.3. The van der Waals surface area contributed by atoms with E-state index in [-0.39, 0.29) is 27.5 Å². The number of amides is 1. The summed E-state index contributed by atoms with van der Waals surface area (Å²) in [6.07, 6.45) is -1.98. The molecular weight excluding hydrogens is 308 g/mol. The smallest absolute Gasteiger partial charge is 0.278 e. The number of rotatable bonds is 1. The normalized spacial score (nSPS) is 20.4. The standard InChI is InChI=1S/C16H12ClFN2O2/c1-20-13-7-6-9(17)8-11(13)14(19-15(21)16(20)22)10-4-2-3-5-12(10)18/h2-8,15,21H,1H3/i1+1D3. The van der Waals surface area contributed by atoms with Gasteiger partial charge in [-0.2, -0.15) is 0 Å². The van der Waals surface area contributed by atoms with Crippen LogP contribution in [0.5, 0.6) is 0 Å². The van der Waals surface area contributed by atoms with Crippen molar-refractivity contribution >= 4 is 28.9 Å². The number of aliphatic hydroxyl groups excluding tert-OH is 1. The number of hydrogen-bond acceptors (Lipinski definition) is 3. The minimum Gasteiger partial charge on any atom is -0.364 e. The molecule has 0 fully saturated rings. The van der Waals surface area contributed by atoms with Gasteiger partial charge in [0.15, 0.2) is 0 Å². The first-order valence-electron chi connectivity index (χ1n) is 7.85. The molecule has 1 N–H and O–H groups in total. The molecule has 1 atom stereocenters. The summed E-state index contributed by atoms with van der Waals surface area (Å²) in [6.45, 7) is -2.86. The number of fused-ring (bicyclic) bond motifs is 1. The number of carbonyl (C=O) groups excluding carboxylic acids is 1. The first-order valence-corrected chi connectivity index (χ1v) is 6.72. The van der Waals surface area contributed by atoms with E-state index in [0.717, 1.165) is 0 Å². The van der Waals surface area contributed by atoms with Crippen LogP contribution in [0, 0.1) is 5.82 Å². The third kappa shape index (κ3) is 2.38. The van der Waals surface area contributed by atoms with Crippen LogP contribution < -0.4 is 4.90 Å². The van der Waals surface area contributed by atoms with E-state index >= 15 is 0 Å². The van der Waals surface area contributed by atoms with Crippen molar-refractivity contribution in [1.82, 2.24) is 0 Å². The number of benzene rings is 2. The molecule has 0 aliphatic carbocycles. The third-order valence-corrected chi connectivity index (χ3v) is 3.51. The van der Waals surface area contributed by atoms with E-state index in [9.17, 15) is 14.3 Å². The third-order valence-electron chi connectivity index (χ3n) is 3.28. The molecule has 1 aliphatic heterocycles. The Morgan fingerprint density at radius 1 is 1.32 bits per heavy atom. The number of nitrogens with zero attached hydrogens (tertiary/aromatic N) is 2. The molecule has 22 heavy (non-hydrogen) atoms. The van der Waals surface area contributed by atoms with Crippen LogP contribution in [0.3, 0.4) is 0 Å². The van der Waals surface area contributed by atoms with Crippen molar-refractivity contribution in [3.05, 3.63) is 64.4 Å². The lowest BCUT2D eigenvalue weighted by Gasteiger charge is -2.18. The monoisotopic (exact) mass is 322 g/mol. The SMILES string of the molecule is [2H][13C]([2H])([2H])N1C(=O)C(O)N=C(c2ccccc2F)c2cc(Cl)ccc21. The fraction of sp³-hybridized carbons (Fsp3) is 0.125. The molecule has 1 aliphatic rings. The molecule has 0 bridgehead atoms. The van der Waals surface area contributed by atoms with E-state index in [0.29, 0.717) is 4.90 Å². The number of aliphatic imine (C=N–C) groups is 1. The highest BCUT2D eigenvalue weighted by Gasteiger charge is 2.29. The Labute approximate surface area is 135 Å². The number of aliphatic hydroxyl groups is 1. The highest BCUT2D eigenvalue weighted by atomic mass is 35.5. The molecule has 1 unspecified atom stereocenters. The summed E-state index contributed by atoms with van der Waals surface area (Å²) in [5.41, 5.74) is 0.0695. The van der Waals surface area contributed by atoms with Gasteiger partial charge in [-0.1, -0.05) is 23.7 Å². The molecular formula is C16H12ClFN2O2. The molecule has 0 aromatic heterocycles. The van der Waals surface area contributed by atoms with E-state index in [1.807, 2.05) is 0 Å². The van der Waals surface area contributed by atoms with Gasteiger partial charge in [-0.3, -0.25) is 4.79 Å². The zero-order chi connectivity index (χ0) is 18.4. The zero-order valence-corrected chi connectivity index (χ0v) is 11.9. The Kier molecular flexibility index (Phi) is 2.84. The first-order chi connectivity index (χ1) is 11.7. The Morgan fingerprint density at radius 3 is 2.82 bits per heavy atom. The molecule has 112 valence electrons. The van der Waals surface area contributed by atoms with Crippen molar-refractivity contribution in [3.8, 4) is 0 Å². The van der Waals surface area contributed by atoms with Gasteiger partial charge in [0, 0.05) is 27.2 Å². The van der Waals surface area contributed by atoms with Crippen LogP contribution >= 0.6 is 11.6 Å². The average Bonchev–Trinajstić information content (AvgIpc) is 2.63. The summed E-state index contributed by atoms with van der Waals surface area (Å²) in [5.74, 6) is -1.76. The molecule has 6 heteroatoms. The molecule has 0 spiro atoms. The zero-order valence-electron chi connectivity index (χ0n) is 14.1. The number of likely N-dealkylation sites (N-methyl/N-ethyl adjacent to an activating group) is 1. The predicted octanol–water partition coefficient (Wildman–Crippen LogP) is 2.61. The van der Waals surface area contributed by atoms with Crippen LogP contribution in [-0.2, 0) is 4.79 Å². The van der Waals surface area contributed by atoms with Gasteiger partial charge in [0.05, 0.1) is 11.4 Å². The van der Waals surface area contributed by atoms with Gasteiger partial charge in [0.2, 0.25) is 6.23 Å². The van der Waals surface area contributed by atoms with E-state index < -0.39 is 24.9 Å². The van der Waals surface area contributed by atoms with E-state index in [2.05, 4.69) is 4.99 Å². The summed E-state index contributed by atoms with van der Waals surface area (Å²) in [4.78, 5) is 16.7. The maximum Gasteiger partial charge on any atom is 0.278 e. The van der Waals surface area contributed by atoms with Gasteiger partial charge >= 0.3 is 0 Å². The number of carbonyl (C=O) groups is 1. The van der Waals surface area contributed by atoms with Crippen LogP contribution in [0.4, 0.5) is 10.1 Å². The van der Waals surface area contributed by atoms with Gasteiger partial charge in [-0.05, 0) is 30.3 Å².